The van der Waals surface area contributed by atoms with Crippen LogP contribution in [0, 0.1) is 0 Å². The fraction of sp³-hybridized carbons (Fsp3) is 0.227. The summed E-state index contributed by atoms with van der Waals surface area (Å²) in [6.07, 6.45) is 4.79. The monoisotopic (exact) mass is 468 g/mol. The normalized spacial score (nSPS) is 11.8. The van der Waals surface area contributed by atoms with Crippen LogP contribution in [0.3, 0.4) is 0 Å². The van der Waals surface area contributed by atoms with E-state index in [0.29, 0.717) is 23.1 Å². The Labute approximate surface area is 190 Å². The van der Waals surface area contributed by atoms with Gasteiger partial charge >= 0.3 is 5.91 Å². The maximum absolute atomic E-state index is 13.4. The molecule has 0 aliphatic heterocycles. The lowest BCUT2D eigenvalue weighted by Gasteiger charge is -2.21. The van der Waals surface area contributed by atoms with E-state index in [-0.39, 0.29) is 17.2 Å². The number of fused-ring (bicyclic) bond motifs is 3. The number of H-pyrrole nitrogens is 2. The predicted octanol–water partition coefficient (Wildman–Crippen LogP) is 3.28. The number of hydroxylamine groups is 1. The maximum Gasteiger partial charge on any atom is 0.300 e. The summed E-state index contributed by atoms with van der Waals surface area (Å²) in [4.78, 5) is 19.1. The molecular weight excluding hydrogens is 444 g/mol. The molecular formula is C22H24N6O4S. The second-order valence-corrected chi connectivity index (χ2v) is 9.09. The van der Waals surface area contributed by atoms with Crippen molar-refractivity contribution in [2.75, 3.05) is 18.2 Å². The highest BCUT2D eigenvalue weighted by Gasteiger charge is 2.24. The van der Waals surface area contributed by atoms with Crippen LogP contribution < -0.4 is 9.79 Å². The summed E-state index contributed by atoms with van der Waals surface area (Å²) in [5.74, 6) is -0.487. The lowest BCUT2D eigenvalue weighted by Crippen LogP contribution is -2.32. The molecule has 0 fully saturated rings. The number of unbranched alkanes of at least 4 members (excludes halogenated alkanes) is 1. The minimum absolute atomic E-state index is 0.0718. The van der Waals surface area contributed by atoms with E-state index in [4.69, 9.17) is 4.84 Å². The fourth-order valence-corrected chi connectivity index (χ4v) is 4.44. The Morgan fingerprint density at radius 3 is 2.70 bits per heavy atom. The van der Waals surface area contributed by atoms with Crippen molar-refractivity contribution in [1.29, 1.82) is 0 Å². The first-order valence-electron chi connectivity index (χ1n) is 10.4. The van der Waals surface area contributed by atoms with Crippen molar-refractivity contribution in [3.05, 3.63) is 60.9 Å². The average molecular weight is 469 g/mol. The first kappa shape index (κ1) is 22.6. The molecule has 2 aromatic carbocycles. The minimum atomic E-state index is -3.63. The molecule has 0 spiro atoms. The number of aromatic amines is 2. The van der Waals surface area contributed by atoms with Crippen LogP contribution in [-0.2, 0) is 14.9 Å². The first-order chi connectivity index (χ1) is 16.0. The van der Waals surface area contributed by atoms with E-state index in [1.54, 1.807) is 12.3 Å². The average Bonchev–Trinajstić information content (AvgIpc) is 3.46. The van der Waals surface area contributed by atoms with E-state index >= 15 is 0 Å². The number of nitrogens with zero attached hydrogens (tertiary/aromatic N) is 3. The summed E-state index contributed by atoms with van der Waals surface area (Å²) in [6, 6.07) is 9.49. The van der Waals surface area contributed by atoms with Crippen LogP contribution in [0.4, 0.5) is 5.69 Å². The lowest BCUT2D eigenvalue weighted by atomic mass is 10.1. The van der Waals surface area contributed by atoms with E-state index in [1.165, 1.54) is 30.3 Å². The van der Waals surface area contributed by atoms with Gasteiger partial charge in [-0.25, -0.2) is 13.1 Å². The van der Waals surface area contributed by atoms with Gasteiger partial charge in [-0.05, 0) is 42.8 Å². The number of sulfonamides is 1. The summed E-state index contributed by atoms with van der Waals surface area (Å²) in [5.41, 5.74) is 2.00. The van der Waals surface area contributed by atoms with E-state index in [0.717, 1.165) is 28.8 Å². The molecule has 0 saturated carbocycles. The van der Waals surface area contributed by atoms with Gasteiger partial charge < -0.3 is 0 Å². The predicted molar refractivity (Wildman–Crippen MR) is 125 cm³/mol. The quantitative estimate of drug-likeness (QED) is 0.186. The lowest BCUT2D eigenvalue weighted by molar-refractivity contribution is 0.0709. The van der Waals surface area contributed by atoms with Crippen LogP contribution >= 0.6 is 0 Å². The van der Waals surface area contributed by atoms with E-state index in [1.807, 2.05) is 13.0 Å². The van der Waals surface area contributed by atoms with Gasteiger partial charge in [0, 0.05) is 17.3 Å². The van der Waals surface area contributed by atoms with Gasteiger partial charge in [-0.1, -0.05) is 19.4 Å². The SMILES string of the molecule is C=CCON(C(=O)c1[nH]nc2c1ccc1[nH]ncc12)c1ccc(S(=O)(=O)NCCCC)cc1. The molecule has 2 heterocycles. The summed E-state index contributed by atoms with van der Waals surface area (Å²) in [5, 5.41) is 16.4. The Hall–Kier alpha value is -3.54. The van der Waals surface area contributed by atoms with Gasteiger partial charge in [-0.15, -0.1) is 6.58 Å². The number of rotatable bonds is 10. The minimum Gasteiger partial charge on any atom is -0.278 e. The zero-order chi connectivity index (χ0) is 23.4. The first-order valence-corrected chi connectivity index (χ1v) is 11.9. The summed E-state index contributed by atoms with van der Waals surface area (Å²) >= 11 is 0. The number of carbonyl (C=O) groups excluding carboxylic acids is 1. The molecule has 0 aliphatic carbocycles. The molecule has 33 heavy (non-hydrogen) atoms. The largest absolute Gasteiger partial charge is 0.300 e. The van der Waals surface area contributed by atoms with Crippen molar-refractivity contribution in [1.82, 2.24) is 25.1 Å². The molecule has 0 saturated heterocycles. The van der Waals surface area contributed by atoms with Gasteiger partial charge in [0.25, 0.3) is 0 Å². The summed E-state index contributed by atoms with van der Waals surface area (Å²) < 4.78 is 27.5. The van der Waals surface area contributed by atoms with Crippen LogP contribution in [0.15, 0.2) is 60.1 Å². The van der Waals surface area contributed by atoms with Crippen molar-refractivity contribution in [2.45, 2.75) is 24.7 Å². The third-order valence-corrected chi connectivity index (χ3v) is 6.55. The van der Waals surface area contributed by atoms with Crippen LogP contribution in [0.25, 0.3) is 21.8 Å². The van der Waals surface area contributed by atoms with Crippen LogP contribution in [-0.4, -0.2) is 47.9 Å². The third-order valence-electron chi connectivity index (χ3n) is 5.07. The number of aromatic nitrogens is 4. The van der Waals surface area contributed by atoms with Gasteiger partial charge in [-0.3, -0.25) is 19.8 Å². The van der Waals surface area contributed by atoms with Crippen molar-refractivity contribution in [3.63, 3.8) is 0 Å². The summed E-state index contributed by atoms with van der Waals surface area (Å²) in [6.45, 7) is 6.05. The maximum atomic E-state index is 13.4. The van der Waals surface area contributed by atoms with Gasteiger partial charge in [0.2, 0.25) is 10.0 Å². The number of anilines is 1. The van der Waals surface area contributed by atoms with Gasteiger partial charge in [0.05, 0.1) is 28.9 Å². The molecule has 2 aromatic heterocycles. The highest BCUT2D eigenvalue weighted by Crippen LogP contribution is 2.27. The standard InChI is InChI=1S/C22H24N6O4S/c1-3-5-12-24-33(30,31)16-8-6-15(7-9-16)28(32-13-4-2)22(29)21-17-10-11-19-18(14-23-25-19)20(17)26-27-21/h4,6-11,14,24H,2-3,5,12-13H2,1H3,(H,23,25)(H,26,27). The molecule has 1 amide bonds. The Kier molecular flexibility index (Phi) is 6.54. The van der Waals surface area contributed by atoms with E-state index < -0.39 is 15.9 Å². The van der Waals surface area contributed by atoms with E-state index in [9.17, 15) is 13.2 Å². The number of hydrogen-bond donors (Lipinski definition) is 3. The molecule has 172 valence electrons. The van der Waals surface area contributed by atoms with Gasteiger partial charge in [0.15, 0.2) is 0 Å². The molecule has 3 N–H and O–H groups in total. The molecule has 0 radical (unpaired) electrons. The molecule has 0 aliphatic rings. The molecule has 0 unspecified atom stereocenters. The summed E-state index contributed by atoms with van der Waals surface area (Å²) in [7, 11) is -3.63. The number of carbonyl (C=O) groups is 1. The van der Waals surface area contributed by atoms with Crippen molar-refractivity contribution in [3.8, 4) is 0 Å². The number of nitrogens with one attached hydrogen (secondary N) is 3. The Morgan fingerprint density at radius 1 is 1.18 bits per heavy atom. The van der Waals surface area contributed by atoms with Gasteiger partial charge in [0.1, 0.15) is 11.2 Å². The number of amides is 1. The molecule has 0 atom stereocenters. The van der Waals surface area contributed by atoms with E-state index in [2.05, 4.69) is 31.7 Å². The second kappa shape index (κ2) is 9.53. The van der Waals surface area contributed by atoms with Crippen molar-refractivity contribution < 1.29 is 18.0 Å². The topological polar surface area (TPSA) is 133 Å². The zero-order valence-electron chi connectivity index (χ0n) is 18.0. The molecule has 0 bridgehead atoms. The smallest absolute Gasteiger partial charge is 0.278 e. The third kappa shape index (κ3) is 4.51. The van der Waals surface area contributed by atoms with Crippen LogP contribution in [0.2, 0.25) is 0 Å². The molecule has 4 rings (SSSR count). The second-order valence-electron chi connectivity index (χ2n) is 7.32. The highest BCUT2D eigenvalue weighted by molar-refractivity contribution is 7.89. The van der Waals surface area contributed by atoms with Crippen molar-refractivity contribution in [2.24, 2.45) is 0 Å². The molecule has 4 aromatic rings. The Bertz CT molecular complexity index is 1390. The zero-order valence-corrected chi connectivity index (χ0v) is 18.9. The molecule has 11 heteroatoms. The Balaban J connectivity index is 1.65. The Morgan fingerprint density at radius 2 is 1.97 bits per heavy atom. The van der Waals surface area contributed by atoms with Crippen molar-refractivity contribution >= 4 is 43.4 Å². The van der Waals surface area contributed by atoms with Crippen LogP contribution in [0.1, 0.15) is 30.3 Å². The fourth-order valence-electron chi connectivity index (χ4n) is 3.37. The highest BCUT2D eigenvalue weighted by atomic mass is 32.2. The van der Waals surface area contributed by atoms with Crippen LogP contribution in [0.5, 0.6) is 0 Å². The number of hydrogen-bond acceptors (Lipinski definition) is 6. The number of benzene rings is 2. The molecule has 10 nitrogen and oxygen atoms in total. The van der Waals surface area contributed by atoms with Gasteiger partial charge in [-0.2, -0.15) is 15.3 Å².